The lowest BCUT2D eigenvalue weighted by Gasteiger charge is -2.30. The van der Waals surface area contributed by atoms with Crippen LogP contribution in [-0.4, -0.2) is 41.3 Å². The highest BCUT2D eigenvalue weighted by atomic mass is 16.5. The van der Waals surface area contributed by atoms with Gasteiger partial charge in [0.2, 0.25) is 5.75 Å². The molecule has 2 unspecified atom stereocenters. The number of allylic oxidation sites excluding steroid dienone is 1. The molecule has 0 saturated heterocycles. The number of carbonyl (C=O) groups is 1. The first-order valence-corrected chi connectivity index (χ1v) is 12.4. The zero-order valence-electron chi connectivity index (χ0n) is 22.2. The lowest BCUT2D eigenvalue weighted by atomic mass is 9.78. The summed E-state index contributed by atoms with van der Waals surface area (Å²) in [5.74, 6) is 2.90. The Morgan fingerprint density at radius 3 is 1.95 bits per heavy atom. The van der Waals surface area contributed by atoms with E-state index >= 15 is 0 Å². The molecule has 1 aliphatic heterocycles. The van der Waals surface area contributed by atoms with E-state index in [0.717, 1.165) is 33.8 Å². The molecule has 8 heteroatoms. The summed E-state index contributed by atoms with van der Waals surface area (Å²) in [6, 6.07) is 17.2. The lowest BCUT2D eigenvalue weighted by Crippen LogP contribution is -2.27. The molecule has 3 aromatic carbocycles. The molecule has 198 valence electrons. The van der Waals surface area contributed by atoms with Crippen LogP contribution >= 0.6 is 0 Å². The van der Waals surface area contributed by atoms with Crippen molar-refractivity contribution in [1.82, 2.24) is 0 Å². The van der Waals surface area contributed by atoms with Crippen LogP contribution in [-0.2, 0) is 4.79 Å². The number of benzene rings is 3. The fraction of sp³-hybridized carbons (Fsp3) is 0.300. The molecule has 8 nitrogen and oxygen atoms in total. The second-order valence-corrected chi connectivity index (χ2v) is 9.24. The van der Waals surface area contributed by atoms with Gasteiger partial charge in [-0.1, -0.05) is 18.2 Å². The lowest BCUT2D eigenvalue weighted by molar-refractivity contribution is -0.116. The highest BCUT2D eigenvalue weighted by molar-refractivity contribution is 6.01. The van der Waals surface area contributed by atoms with Crippen molar-refractivity contribution < 1.29 is 28.5 Å². The summed E-state index contributed by atoms with van der Waals surface area (Å²) in [5, 5.41) is 7.18. The van der Waals surface area contributed by atoms with E-state index < -0.39 is 0 Å². The number of para-hydroxylation sites is 2. The topological polar surface area (TPSA) is 87.3 Å². The van der Waals surface area contributed by atoms with Gasteiger partial charge >= 0.3 is 0 Å². The maximum atomic E-state index is 13.9. The van der Waals surface area contributed by atoms with Crippen molar-refractivity contribution in [3.63, 3.8) is 0 Å². The van der Waals surface area contributed by atoms with Crippen LogP contribution in [0.1, 0.15) is 35.9 Å². The molecule has 0 radical (unpaired) electrons. The molecular formula is C30H32N2O6. The molecule has 3 aromatic rings. The number of fused-ring (bicyclic) bond motifs is 1. The van der Waals surface area contributed by atoms with Crippen LogP contribution in [0.2, 0.25) is 0 Å². The minimum Gasteiger partial charge on any atom is -0.493 e. The van der Waals surface area contributed by atoms with Crippen molar-refractivity contribution in [3.05, 3.63) is 77.0 Å². The maximum absolute atomic E-state index is 13.9. The van der Waals surface area contributed by atoms with Crippen LogP contribution in [0.3, 0.4) is 0 Å². The van der Waals surface area contributed by atoms with Crippen molar-refractivity contribution in [3.8, 4) is 28.7 Å². The van der Waals surface area contributed by atoms with Gasteiger partial charge in [0.15, 0.2) is 28.8 Å². The smallest absolute Gasteiger partial charge is 0.203 e. The van der Waals surface area contributed by atoms with Gasteiger partial charge in [-0.2, -0.15) is 0 Å². The fourth-order valence-corrected chi connectivity index (χ4v) is 5.35. The highest BCUT2D eigenvalue weighted by Crippen LogP contribution is 2.47. The number of hydrogen-bond donors (Lipinski definition) is 2. The van der Waals surface area contributed by atoms with E-state index in [4.69, 9.17) is 23.7 Å². The number of carbonyl (C=O) groups excluding carboxylic acids is 1. The van der Waals surface area contributed by atoms with Crippen LogP contribution in [0.5, 0.6) is 28.7 Å². The first-order valence-electron chi connectivity index (χ1n) is 12.4. The van der Waals surface area contributed by atoms with Crippen LogP contribution < -0.4 is 34.3 Å². The van der Waals surface area contributed by atoms with Crippen molar-refractivity contribution in [2.75, 3.05) is 46.2 Å². The summed E-state index contributed by atoms with van der Waals surface area (Å²) >= 11 is 0. The van der Waals surface area contributed by atoms with E-state index in [1.807, 2.05) is 54.6 Å². The maximum Gasteiger partial charge on any atom is 0.203 e. The number of hydrogen-bond acceptors (Lipinski definition) is 8. The molecule has 0 fully saturated rings. The summed E-state index contributed by atoms with van der Waals surface area (Å²) in [7, 11) is 7.98. The van der Waals surface area contributed by atoms with E-state index in [-0.39, 0.29) is 17.7 Å². The molecule has 2 aliphatic rings. The van der Waals surface area contributed by atoms with Crippen LogP contribution in [0.25, 0.3) is 0 Å². The minimum atomic E-state index is -0.366. The van der Waals surface area contributed by atoms with Crippen LogP contribution in [0, 0.1) is 0 Å². The Balaban J connectivity index is 1.60. The van der Waals surface area contributed by atoms with Gasteiger partial charge in [-0.05, 0) is 59.9 Å². The molecule has 1 heterocycles. The zero-order chi connectivity index (χ0) is 26.8. The van der Waals surface area contributed by atoms with E-state index in [2.05, 4.69) is 10.6 Å². The second kappa shape index (κ2) is 10.6. The van der Waals surface area contributed by atoms with E-state index in [9.17, 15) is 4.79 Å². The minimum absolute atomic E-state index is 0.0672. The van der Waals surface area contributed by atoms with Gasteiger partial charge in [0.25, 0.3) is 0 Å². The zero-order valence-corrected chi connectivity index (χ0v) is 22.2. The van der Waals surface area contributed by atoms with Gasteiger partial charge in [-0.3, -0.25) is 4.79 Å². The Kier molecular flexibility index (Phi) is 7.05. The number of anilines is 2. The molecule has 2 N–H and O–H groups in total. The Hall–Kier alpha value is -4.33. The Morgan fingerprint density at radius 2 is 1.32 bits per heavy atom. The summed E-state index contributed by atoms with van der Waals surface area (Å²) in [5.41, 5.74) is 5.30. The summed E-state index contributed by atoms with van der Waals surface area (Å²) < 4.78 is 27.7. The molecule has 2 atom stereocenters. The Morgan fingerprint density at radius 1 is 0.684 bits per heavy atom. The first-order chi connectivity index (χ1) is 18.5. The number of rotatable bonds is 7. The standard InChI is InChI=1S/C30H32N2O6/c1-34-24-11-10-17(14-25(24)35-2)29-28-22(31-20-8-6-7-9-21(20)32-29)12-18(13-23(28)33)19-15-26(36-3)30(38-5)27(16-19)37-4/h6-11,14-16,18,29,31-32H,12-13H2,1-5H3. The third-order valence-corrected chi connectivity index (χ3v) is 7.21. The molecule has 0 amide bonds. The van der Waals surface area contributed by atoms with Crippen molar-refractivity contribution in [1.29, 1.82) is 0 Å². The highest BCUT2D eigenvalue weighted by Gasteiger charge is 2.37. The number of ketones is 1. The monoisotopic (exact) mass is 516 g/mol. The third-order valence-electron chi connectivity index (χ3n) is 7.21. The first kappa shape index (κ1) is 25.3. The fourth-order valence-electron chi connectivity index (χ4n) is 5.35. The summed E-state index contributed by atoms with van der Waals surface area (Å²) in [6.07, 6.45) is 0.987. The van der Waals surface area contributed by atoms with Crippen LogP contribution in [0.15, 0.2) is 65.9 Å². The molecule has 0 aromatic heterocycles. The Labute approximate surface area is 222 Å². The number of ether oxygens (including phenoxy) is 5. The van der Waals surface area contributed by atoms with Gasteiger partial charge in [0.1, 0.15) is 0 Å². The SMILES string of the molecule is COc1ccc(C2Nc3ccccc3NC3=C2C(=O)CC(c2cc(OC)c(OC)c(OC)c2)C3)cc1OC. The molecule has 0 bridgehead atoms. The molecule has 1 aliphatic carbocycles. The predicted octanol–water partition coefficient (Wildman–Crippen LogP) is 5.71. The molecule has 0 spiro atoms. The number of methoxy groups -OCH3 is 5. The van der Waals surface area contributed by atoms with Crippen molar-refractivity contribution in [2.45, 2.75) is 24.8 Å². The van der Waals surface area contributed by atoms with Gasteiger partial charge in [0.05, 0.1) is 53.0 Å². The Bertz CT molecular complexity index is 1370. The average Bonchev–Trinajstić information content (AvgIpc) is 3.12. The van der Waals surface area contributed by atoms with E-state index in [1.165, 1.54) is 0 Å². The molecule has 38 heavy (non-hydrogen) atoms. The second-order valence-electron chi connectivity index (χ2n) is 9.24. The summed E-state index contributed by atoms with van der Waals surface area (Å²) in [6.45, 7) is 0. The van der Waals surface area contributed by atoms with Crippen LogP contribution in [0.4, 0.5) is 11.4 Å². The average molecular weight is 517 g/mol. The predicted molar refractivity (Wildman–Crippen MR) is 146 cm³/mol. The van der Waals surface area contributed by atoms with E-state index in [1.54, 1.807) is 35.5 Å². The number of Topliss-reactive ketones (excluding diaryl/α,β-unsaturated/α-hetero) is 1. The quantitative estimate of drug-likeness (QED) is 0.413. The third kappa shape index (κ3) is 4.47. The van der Waals surface area contributed by atoms with Crippen molar-refractivity contribution >= 4 is 17.2 Å². The van der Waals surface area contributed by atoms with Gasteiger partial charge in [-0.15, -0.1) is 0 Å². The number of nitrogens with one attached hydrogen (secondary N) is 2. The summed E-state index contributed by atoms with van der Waals surface area (Å²) in [4.78, 5) is 13.9. The molecule has 0 saturated carbocycles. The molecule has 5 rings (SSSR count). The van der Waals surface area contributed by atoms with Gasteiger partial charge in [0, 0.05) is 17.7 Å². The normalized spacial score (nSPS) is 18.3. The van der Waals surface area contributed by atoms with E-state index in [0.29, 0.717) is 41.6 Å². The van der Waals surface area contributed by atoms with Crippen molar-refractivity contribution in [2.24, 2.45) is 0 Å². The van der Waals surface area contributed by atoms with Gasteiger partial charge < -0.3 is 34.3 Å². The van der Waals surface area contributed by atoms with Gasteiger partial charge in [-0.25, -0.2) is 0 Å². The molecular weight excluding hydrogens is 484 g/mol. The largest absolute Gasteiger partial charge is 0.493 e.